The maximum atomic E-state index is 9.14. The fourth-order valence-electron chi connectivity index (χ4n) is 1.17. The second-order valence-electron chi connectivity index (χ2n) is 3.88. The number of hydrogen-bond donors (Lipinski definition) is 1. The Bertz CT molecular complexity index is 264. The molecule has 0 heterocycles. The topological polar surface area (TPSA) is 20.2 Å². The Morgan fingerprint density at radius 1 is 1.14 bits per heavy atom. The number of hydrogen-bond acceptors (Lipinski definition) is 2. The smallest absolute Gasteiger partial charge is 0.0606 e. The lowest BCUT2D eigenvalue weighted by molar-refractivity contribution is 0.220. The lowest BCUT2D eigenvalue weighted by Crippen LogP contribution is -2.02. The monoisotopic (exact) mass is 210 g/mol. The van der Waals surface area contributed by atoms with Crippen LogP contribution in [0.5, 0.6) is 0 Å². The molecule has 1 nitrogen and oxygen atoms in total. The number of aliphatic hydroxyl groups excluding tert-OH is 1. The van der Waals surface area contributed by atoms with Gasteiger partial charge in [0.15, 0.2) is 0 Å². The summed E-state index contributed by atoms with van der Waals surface area (Å²) in [5.74, 6) is 1.35. The van der Waals surface area contributed by atoms with E-state index in [9.17, 15) is 0 Å². The maximum absolute atomic E-state index is 9.14. The second-order valence-corrected chi connectivity index (χ2v) is 4.98. The maximum Gasteiger partial charge on any atom is 0.0606 e. The van der Waals surface area contributed by atoms with Crippen molar-refractivity contribution in [2.45, 2.75) is 37.7 Å². The Morgan fingerprint density at radius 2 is 1.71 bits per heavy atom. The van der Waals surface area contributed by atoms with Crippen LogP contribution >= 0.6 is 11.8 Å². The largest absolute Gasteiger partial charge is 0.393 e. The van der Waals surface area contributed by atoms with Crippen LogP contribution in [0.15, 0.2) is 29.2 Å². The second kappa shape index (κ2) is 5.42. The average Bonchev–Trinajstić information content (AvgIpc) is 2.15. The highest BCUT2D eigenvalue weighted by Crippen LogP contribution is 2.22. The predicted molar refractivity (Wildman–Crippen MR) is 62.9 cm³/mol. The van der Waals surface area contributed by atoms with Gasteiger partial charge in [-0.2, -0.15) is 0 Å². The molecule has 0 aliphatic carbocycles. The molecule has 2 heteroatoms. The molecule has 0 radical (unpaired) electrons. The van der Waals surface area contributed by atoms with Crippen LogP contribution in [0, 0.1) is 0 Å². The molecule has 0 aliphatic heterocycles. The summed E-state index contributed by atoms with van der Waals surface area (Å²) < 4.78 is 0. The van der Waals surface area contributed by atoms with Crippen LogP contribution < -0.4 is 0 Å². The summed E-state index contributed by atoms with van der Waals surface area (Å²) in [7, 11) is 0. The van der Waals surface area contributed by atoms with E-state index in [4.69, 9.17) is 5.11 Å². The fourth-order valence-corrected chi connectivity index (χ4v) is 1.93. The molecule has 0 aromatic heterocycles. The van der Waals surface area contributed by atoms with Crippen LogP contribution in [0.1, 0.15) is 32.3 Å². The number of rotatable bonds is 4. The standard InChI is InChI=1S/C12H18OS/c1-9(2)11-4-6-12(7-5-11)14-8-10(3)13/h4-7,9-10,13H,8H2,1-3H3/t10-/m1/s1. The molecular formula is C12H18OS. The fraction of sp³-hybridized carbons (Fsp3) is 0.500. The first-order valence-corrected chi connectivity index (χ1v) is 5.99. The van der Waals surface area contributed by atoms with E-state index < -0.39 is 0 Å². The molecule has 0 aliphatic rings. The van der Waals surface area contributed by atoms with Crippen molar-refractivity contribution in [1.82, 2.24) is 0 Å². The van der Waals surface area contributed by atoms with Gasteiger partial charge in [-0.1, -0.05) is 26.0 Å². The third kappa shape index (κ3) is 3.72. The quantitative estimate of drug-likeness (QED) is 0.770. The van der Waals surface area contributed by atoms with E-state index in [0.29, 0.717) is 5.92 Å². The molecule has 0 saturated carbocycles. The molecule has 0 bridgehead atoms. The summed E-state index contributed by atoms with van der Waals surface area (Å²) in [5, 5.41) is 9.14. The third-order valence-corrected chi connectivity index (χ3v) is 3.29. The van der Waals surface area contributed by atoms with Crippen molar-refractivity contribution < 1.29 is 5.11 Å². The van der Waals surface area contributed by atoms with E-state index in [1.54, 1.807) is 11.8 Å². The molecule has 1 N–H and O–H groups in total. The Labute approximate surface area is 90.5 Å². The highest BCUT2D eigenvalue weighted by atomic mass is 32.2. The van der Waals surface area contributed by atoms with Crippen molar-refractivity contribution in [3.8, 4) is 0 Å². The molecule has 0 fully saturated rings. The van der Waals surface area contributed by atoms with E-state index in [0.717, 1.165) is 5.75 Å². The lowest BCUT2D eigenvalue weighted by atomic mass is 10.0. The molecular weight excluding hydrogens is 192 g/mol. The minimum Gasteiger partial charge on any atom is -0.393 e. The van der Waals surface area contributed by atoms with Crippen molar-refractivity contribution >= 4 is 11.8 Å². The summed E-state index contributed by atoms with van der Waals surface area (Å²) in [4.78, 5) is 1.23. The minimum atomic E-state index is -0.232. The molecule has 1 rings (SSSR count). The van der Waals surface area contributed by atoms with Gasteiger partial charge in [0, 0.05) is 10.6 Å². The van der Waals surface area contributed by atoms with Gasteiger partial charge in [0.05, 0.1) is 6.10 Å². The molecule has 0 saturated heterocycles. The van der Waals surface area contributed by atoms with Gasteiger partial charge in [-0.05, 0) is 30.5 Å². The highest BCUT2D eigenvalue weighted by molar-refractivity contribution is 7.99. The normalized spacial score (nSPS) is 13.2. The Balaban J connectivity index is 2.55. The first-order chi connectivity index (χ1) is 6.59. The molecule has 14 heavy (non-hydrogen) atoms. The van der Waals surface area contributed by atoms with Gasteiger partial charge < -0.3 is 5.11 Å². The molecule has 0 spiro atoms. The molecule has 0 amide bonds. The van der Waals surface area contributed by atoms with Gasteiger partial charge >= 0.3 is 0 Å². The van der Waals surface area contributed by atoms with Crippen LogP contribution in [0.3, 0.4) is 0 Å². The van der Waals surface area contributed by atoms with E-state index in [1.807, 2.05) is 6.92 Å². The zero-order valence-electron chi connectivity index (χ0n) is 9.03. The molecule has 1 aromatic rings. The summed E-state index contributed by atoms with van der Waals surface area (Å²) in [5.41, 5.74) is 1.37. The Kier molecular flexibility index (Phi) is 4.49. The van der Waals surface area contributed by atoms with E-state index in [2.05, 4.69) is 38.1 Å². The zero-order chi connectivity index (χ0) is 10.6. The predicted octanol–water partition coefficient (Wildman–Crippen LogP) is 3.28. The van der Waals surface area contributed by atoms with Crippen LogP contribution in [-0.2, 0) is 0 Å². The lowest BCUT2D eigenvalue weighted by Gasteiger charge is -2.07. The van der Waals surface area contributed by atoms with Gasteiger partial charge in [0.2, 0.25) is 0 Å². The van der Waals surface area contributed by atoms with Gasteiger partial charge in [-0.3, -0.25) is 0 Å². The molecule has 0 unspecified atom stereocenters. The summed E-state index contributed by atoms with van der Waals surface area (Å²) in [6.45, 7) is 6.20. The number of aliphatic hydroxyl groups is 1. The average molecular weight is 210 g/mol. The van der Waals surface area contributed by atoms with Crippen molar-refractivity contribution in [2.24, 2.45) is 0 Å². The number of benzene rings is 1. The van der Waals surface area contributed by atoms with Gasteiger partial charge in [-0.25, -0.2) is 0 Å². The summed E-state index contributed by atoms with van der Waals surface area (Å²) >= 11 is 1.70. The van der Waals surface area contributed by atoms with Crippen molar-refractivity contribution in [3.05, 3.63) is 29.8 Å². The summed E-state index contributed by atoms with van der Waals surface area (Å²) in [6, 6.07) is 8.58. The molecule has 78 valence electrons. The first kappa shape index (κ1) is 11.6. The first-order valence-electron chi connectivity index (χ1n) is 5.00. The third-order valence-electron chi connectivity index (χ3n) is 2.04. The highest BCUT2D eigenvalue weighted by Gasteiger charge is 2.00. The van der Waals surface area contributed by atoms with Gasteiger partial charge in [-0.15, -0.1) is 11.8 Å². The Morgan fingerprint density at radius 3 is 2.14 bits per heavy atom. The van der Waals surface area contributed by atoms with E-state index in [-0.39, 0.29) is 6.10 Å². The molecule has 1 aromatic carbocycles. The number of thioether (sulfide) groups is 1. The van der Waals surface area contributed by atoms with E-state index >= 15 is 0 Å². The van der Waals surface area contributed by atoms with Crippen LogP contribution in [0.4, 0.5) is 0 Å². The van der Waals surface area contributed by atoms with E-state index in [1.165, 1.54) is 10.5 Å². The minimum absolute atomic E-state index is 0.232. The molecule has 1 atom stereocenters. The van der Waals surface area contributed by atoms with Crippen LogP contribution in [0.2, 0.25) is 0 Å². The Hall–Kier alpha value is -0.470. The van der Waals surface area contributed by atoms with Crippen molar-refractivity contribution in [3.63, 3.8) is 0 Å². The van der Waals surface area contributed by atoms with Gasteiger partial charge in [0.1, 0.15) is 0 Å². The van der Waals surface area contributed by atoms with Crippen molar-refractivity contribution in [1.29, 1.82) is 0 Å². The summed E-state index contributed by atoms with van der Waals surface area (Å²) in [6.07, 6.45) is -0.232. The van der Waals surface area contributed by atoms with Gasteiger partial charge in [0.25, 0.3) is 0 Å². The SMILES string of the molecule is CC(C)c1ccc(SC[C@@H](C)O)cc1. The van der Waals surface area contributed by atoms with Crippen LogP contribution in [-0.4, -0.2) is 17.0 Å². The zero-order valence-corrected chi connectivity index (χ0v) is 9.84. The van der Waals surface area contributed by atoms with Crippen LogP contribution in [0.25, 0.3) is 0 Å². The van der Waals surface area contributed by atoms with Crippen molar-refractivity contribution in [2.75, 3.05) is 5.75 Å².